The van der Waals surface area contributed by atoms with E-state index in [1.807, 2.05) is 0 Å². The van der Waals surface area contributed by atoms with Crippen molar-refractivity contribution in [2.45, 2.75) is 72.1 Å². The Bertz CT molecular complexity index is 397. The number of rotatable bonds is 8. The zero-order valence-electron chi connectivity index (χ0n) is 12.6. The predicted molar refractivity (Wildman–Crippen MR) is 81.0 cm³/mol. The van der Waals surface area contributed by atoms with E-state index in [1.165, 1.54) is 24.0 Å². The molecule has 2 N–H and O–H groups in total. The van der Waals surface area contributed by atoms with Crippen molar-refractivity contribution >= 4 is 0 Å². The lowest BCUT2D eigenvalue weighted by Gasteiger charge is -2.17. The van der Waals surface area contributed by atoms with Crippen molar-refractivity contribution in [3.63, 3.8) is 0 Å². The van der Waals surface area contributed by atoms with Gasteiger partial charge in [-0.25, -0.2) is 0 Å². The number of hydrogen-bond donors (Lipinski definition) is 2. The second-order valence-electron chi connectivity index (χ2n) is 5.27. The van der Waals surface area contributed by atoms with Crippen molar-refractivity contribution in [2.75, 3.05) is 0 Å². The molecule has 0 aliphatic carbocycles. The van der Waals surface area contributed by atoms with E-state index >= 15 is 0 Å². The maximum Gasteiger partial charge on any atom is 0.160 e. The van der Waals surface area contributed by atoms with Gasteiger partial charge in [0, 0.05) is 5.56 Å². The van der Waals surface area contributed by atoms with Gasteiger partial charge in [-0.15, -0.1) is 0 Å². The van der Waals surface area contributed by atoms with E-state index in [4.69, 9.17) is 0 Å². The maximum absolute atomic E-state index is 10.1. The fourth-order valence-electron chi connectivity index (χ4n) is 2.61. The SMILES string of the molecule is CCCCCc1c(O)c(O)cc(CC)c1CCCC. The Kier molecular flexibility index (Phi) is 6.75. The van der Waals surface area contributed by atoms with Crippen molar-refractivity contribution in [3.05, 3.63) is 22.8 Å². The molecule has 1 aromatic rings. The van der Waals surface area contributed by atoms with Crippen LogP contribution >= 0.6 is 0 Å². The van der Waals surface area contributed by atoms with Crippen LogP contribution < -0.4 is 0 Å². The Labute approximate surface area is 117 Å². The monoisotopic (exact) mass is 264 g/mol. The van der Waals surface area contributed by atoms with Gasteiger partial charge in [0.05, 0.1) is 0 Å². The minimum Gasteiger partial charge on any atom is -0.504 e. The van der Waals surface area contributed by atoms with E-state index in [2.05, 4.69) is 20.8 Å². The van der Waals surface area contributed by atoms with Crippen LogP contribution in [0, 0.1) is 0 Å². The van der Waals surface area contributed by atoms with E-state index in [-0.39, 0.29) is 11.5 Å². The molecule has 0 aliphatic rings. The molecule has 0 saturated carbocycles. The molecular weight excluding hydrogens is 236 g/mol. The molecule has 1 aromatic carbocycles. The summed E-state index contributed by atoms with van der Waals surface area (Å²) in [7, 11) is 0. The molecule has 0 aliphatic heterocycles. The fraction of sp³-hybridized carbons (Fsp3) is 0.647. The van der Waals surface area contributed by atoms with Crippen molar-refractivity contribution in [1.29, 1.82) is 0 Å². The van der Waals surface area contributed by atoms with Crippen LogP contribution in [0.3, 0.4) is 0 Å². The molecule has 2 nitrogen and oxygen atoms in total. The van der Waals surface area contributed by atoms with E-state index < -0.39 is 0 Å². The first kappa shape index (κ1) is 15.9. The molecule has 108 valence electrons. The lowest BCUT2D eigenvalue weighted by molar-refractivity contribution is 0.397. The maximum atomic E-state index is 10.1. The first-order valence-electron chi connectivity index (χ1n) is 7.71. The summed E-state index contributed by atoms with van der Waals surface area (Å²) in [6.07, 6.45) is 8.50. The zero-order chi connectivity index (χ0) is 14.3. The first-order valence-corrected chi connectivity index (χ1v) is 7.71. The van der Waals surface area contributed by atoms with Gasteiger partial charge in [0.2, 0.25) is 0 Å². The molecule has 0 bridgehead atoms. The summed E-state index contributed by atoms with van der Waals surface area (Å²) in [6, 6.07) is 1.74. The normalized spacial score (nSPS) is 10.9. The molecule has 0 amide bonds. The molecule has 0 heterocycles. The Morgan fingerprint density at radius 3 is 2.05 bits per heavy atom. The van der Waals surface area contributed by atoms with Gasteiger partial charge < -0.3 is 10.2 Å². The summed E-state index contributed by atoms with van der Waals surface area (Å²) in [5, 5.41) is 20.0. The minimum atomic E-state index is 0.0450. The van der Waals surface area contributed by atoms with Crippen LogP contribution in [-0.4, -0.2) is 10.2 Å². The number of unbranched alkanes of at least 4 members (excludes halogenated alkanes) is 3. The number of aryl methyl sites for hydroxylation is 1. The lowest BCUT2D eigenvalue weighted by Crippen LogP contribution is -2.01. The van der Waals surface area contributed by atoms with Crippen LogP contribution in [0.1, 0.15) is 69.6 Å². The molecule has 0 aromatic heterocycles. The summed E-state index contributed by atoms with van der Waals surface area (Å²) in [6.45, 7) is 6.47. The Morgan fingerprint density at radius 2 is 1.47 bits per heavy atom. The number of phenolic OH excluding ortho intramolecular Hbond substituents is 2. The summed E-state index contributed by atoms with van der Waals surface area (Å²) < 4.78 is 0. The van der Waals surface area contributed by atoms with Gasteiger partial charge in [0.15, 0.2) is 11.5 Å². The zero-order valence-corrected chi connectivity index (χ0v) is 12.6. The lowest BCUT2D eigenvalue weighted by atomic mass is 9.90. The third-order valence-corrected chi connectivity index (χ3v) is 3.78. The smallest absolute Gasteiger partial charge is 0.160 e. The average Bonchev–Trinajstić information content (AvgIpc) is 2.42. The highest BCUT2D eigenvalue weighted by Gasteiger charge is 2.15. The van der Waals surface area contributed by atoms with Crippen molar-refractivity contribution in [3.8, 4) is 11.5 Å². The average molecular weight is 264 g/mol. The van der Waals surface area contributed by atoms with Crippen molar-refractivity contribution < 1.29 is 10.2 Å². The molecule has 1 rings (SSSR count). The first-order chi connectivity index (χ1) is 9.15. The quantitative estimate of drug-likeness (QED) is 0.526. The molecule has 0 spiro atoms. The second-order valence-corrected chi connectivity index (χ2v) is 5.27. The van der Waals surface area contributed by atoms with Crippen LogP contribution in [0.2, 0.25) is 0 Å². The van der Waals surface area contributed by atoms with Gasteiger partial charge in [0.25, 0.3) is 0 Å². The molecule has 0 saturated heterocycles. The minimum absolute atomic E-state index is 0.0450. The number of hydrogen-bond acceptors (Lipinski definition) is 2. The fourth-order valence-corrected chi connectivity index (χ4v) is 2.61. The molecule has 0 unspecified atom stereocenters. The molecule has 2 heteroatoms. The van der Waals surface area contributed by atoms with Crippen LogP contribution in [0.4, 0.5) is 0 Å². The van der Waals surface area contributed by atoms with Crippen LogP contribution in [0.5, 0.6) is 11.5 Å². The van der Waals surface area contributed by atoms with E-state index in [1.54, 1.807) is 6.07 Å². The van der Waals surface area contributed by atoms with Crippen LogP contribution in [0.25, 0.3) is 0 Å². The molecule has 19 heavy (non-hydrogen) atoms. The Hall–Kier alpha value is -1.18. The predicted octanol–water partition coefficient (Wildman–Crippen LogP) is 4.74. The van der Waals surface area contributed by atoms with Crippen LogP contribution in [0.15, 0.2) is 6.07 Å². The van der Waals surface area contributed by atoms with Gasteiger partial charge in [0.1, 0.15) is 0 Å². The number of benzene rings is 1. The largest absolute Gasteiger partial charge is 0.504 e. The Morgan fingerprint density at radius 1 is 0.842 bits per heavy atom. The highest BCUT2D eigenvalue weighted by atomic mass is 16.3. The summed E-state index contributed by atoms with van der Waals surface area (Å²) in [5.41, 5.74) is 3.45. The van der Waals surface area contributed by atoms with Gasteiger partial charge in [-0.3, -0.25) is 0 Å². The number of phenols is 2. The van der Waals surface area contributed by atoms with Crippen molar-refractivity contribution in [1.82, 2.24) is 0 Å². The van der Waals surface area contributed by atoms with Crippen LogP contribution in [-0.2, 0) is 19.3 Å². The van der Waals surface area contributed by atoms with Gasteiger partial charge >= 0.3 is 0 Å². The highest BCUT2D eigenvalue weighted by molar-refractivity contribution is 5.53. The summed E-state index contributed by atoms with van der Waals surface area (Å²) in [4.78, 5) is 0. The van der Waals surface area contributed by atoms with E-state index in [0.717, 1.165) is 44.1 Å². The van der Waals surface area contributed by atoms with E-state index in [9.17, 15) is 10.2 Å². The molecule has 0 radical (unpaired) electrons. The van der Waals surface area contributed by atoms with Gasteiger partial charge in [-0.2, -0.15) is 0 Å². The van der Waals surface area contributed by atoms with Gasteiger partial charge in [-0.05, 0) is 49.3 Å². The van der Waals surface area contributed by atoms with E-state index in [0.29, 0.717) is 0 Å². The molecular formula is C17H28O2. The third-order valence-electron chi connectivity index (χ3n) is 3.78. The second kappa shape index (κ2) is 8.08. The topological polar surface area (TPSA) is 40.5 Å². The Balaban J connectivity index is 3.08. The molecule has 0 atom stereocenters. The highest BCUT2D eigenvalue weighted by Crippen LogP contribution is 2.36. The van der Waals surface area contributed by atoms with Crippen molar-refractivity contribution in [2.24, 2.45) is 0 Å². The standard InChI is InChI=1S/C17H28O2/c1-4-7-9-11-15-14(10-8-5-2)13(6-3)12-16(18)17(15)19/h12,18-19H,4-11H2,1-3H3. The van der Waals surface area contributed by atoms with Gasteiger partial charge in [-0.1, -0.05) is 40.0 Å². The summed E-state index contributed by atoms with van der Waals surface area (Å²) >= 11 is 0. The molecule has 0 fully saturated rings. The third kappa shape index (κ3) is 4.15. The number of aromatic hydroxyl groups is 2. The summed E-state index contributed by atoms with van der Waals surface area (Å²) in [5.74, 6) is 0.156.